The number of carbonyl (C=O) groups is 1. The first-order valence-electron chi connectivity index (χ1n) is 7.80. The van der Waals surface area contributed by atoms with E-state index in [9.17, 15) is 18.4 Å². The average Bonchev–Trinajstić information content (AvgIpc) is 3.02. The number of amides is 1. The van der Waals surface area contributed by atoms with Crippen molar-refractivity contribution in [3.05, 3.63) is 51.8 Å². The van der Waals surface area contributed by atoms with Gasteiger partial charge in [-0.1, -0.05) is 12.1 Å². The topological polar surface area (TPSA) is 79.2 Å². The number of piperidine rings is 1. The highest BCUT2D eigenvalue weighted by molar-refractivity contribution is 5.76. The number of H-pyrrole nitrogens is 1. The monoisotopic (exact) mass is 337 g/mol. The number of hydrogen-bond acceptors (Lipinski definition) is 4. The van der Waals surface area contributed by atoms with Gasteiger partial charge in [0, 0.05) is 19.5 Å². The van der Waals surface area contributed by atoms with E-state index in [1.165, 1.54) is 12.1 Å². The van der Waals surface area contributed by atoms with Gasteiger partial charge in [0.15, 0.2) is 11.6 Å². The van der Waals surface area contributed by atoms with E-state index in [0.717, 1.165) is 18.9 Å². The summed E-state index contributed by atoms with van der Waals surface area (Å²) in [5, 5.41) is 6.03. The number of nitrogens with one attached hydrogen (secondary N) is 1. The van der Waals surface area contributed by atoms with Gasteiger partial charge in [0.05, 0.1) is 5.92 Å². The Labute approximate surface area is 136 Å². The van der Waals surface area contributed by atoms with Crippen LogP contribution in [0.2, 0.25) is 0 Å². The Hall–Kier alpha value is -2.51. The average molecular weight is 337 g/mol. The maximum Gasteiger partial charge on any atom is 0.434 e. The highest BCUT2D eigenvalue weighted by Gasteiger charge is 2.28. The van der Waals surface area contributed by atoms with Crippen LogP contribution in [-0.2, 0) is 11.2 Å². The molecule has 2 heterocycles. The van der Waals surface area contributed by atoms with Gasteiger partial charge >= 0.3 is 5.76 Å². The lowest BCUT2D eigenvalue weighted by atomic mass is 9.97. The van der Waals surface area contributed by atoms with Gasteiger partial charge in [-0.25, -0.2) is 18.7 Å². The number of rotatable bonds is 4. The Balaban J connectivity index is 1.60. The van der Waals surface area contributed by atoms with E-state index in [1.54, 1.807) is 4.90 Å². The molecule has 3 rings (SSSR count). The molecule has 1 saturated heterocycles. The van der Waals surface area contributed by atoms with Crippen LogP contribution in [0.1, 0.15) is 36.6 Å². The van der Waals surface area contributed by atoms with Crippen LogP contribution in [-0.4, -0.2) is 34.1 Å². The van der Waals surface area contributed by atoms with Crippen molar-refractivity contribution in [2.75, 3.05) is 13.1 Å². The van der Waals surface area contributed by atoms with Gasteiger partial charge in [0.1, 0.15) is 0 Å². The SMILES string of the molecule is O=C(CCc1cccc(F)c1F)N1CCCC(c2n[nH]c(=O)o2)C1. The van der Waals surface area contributed by atoms with Gasteiger partial charge in [-0.15, -0.1) is 5.10 Å². The number of hydrogen-bond donors (Lipinski definition) is 1. The second kappa shape index (κ2) is 6.94. The van der Waals surface area contributed by atoms with Crippen LogP contribution in [0.25, 0.3) is 0 Å². The molecule has 1 unspecified atom stereocenters. The minimum absolute atomic E-state index is 0.0948. The van der Waals surface area contributed by atoms with Crippen molar-refractivity contribution in [3.8, 4) is 0 Å². The number of aromatic amines is 1. The number of likely N-dealkylation sites (tertiary alicyclic amines) is 1. The number of nitrogens with zero attached hydrogens (tertiary/aromatic N) is 2. The van der Waals surface area contributed by atoms with E-state index >= 15 is 0 Å². The van der Waals surface area contributed by atoms with Crippen molar-refractivity contribution >= 4 is 5.91 Å². The Morgan fingerprint density at radius 2 is 2.25 bits per heavy atom. The molecular formula is C16H17F2N3O3. The van der Waals surface area contributed by atoms with Gasteiger partial charge in [-0.05, 0) is 30.9 Å². The molecule has 1 fully saturated rings. The molecule has 0 bridgehead atoms. The molecule has 1 amide bonds. The normalized spacial score (nSPS) is 17.9. The molecule has 0 radical (unpaired) electrons. The lowest BCUT2D eigenvalue weighted by Crippen LogP contribution is -2.39. The summed E-state index contributed by atoms with van der Waals surface area (Å²) in [5.41, 5.74) is 0.190. The number of halogens is 2. The van der Waals surface area contributed by atoms with Gasteiger partial charge in [0.2, 0.25) is 11.8 Å². The van der Waals surface area contributed by atoms with Crippen molar-refractivity contribution in [1.29, 1.82) is 0 Å². The smallest absolute Gasteiger partial charge is 0.392 e. The first-order valence-corrected chi connectivity index (χ1v) is 7.80. The Kier molecular flexibility index (Phi) is 4.73. The summed E-state index contributed by atoms with van der Waals surface area (Å²) in [7, 11) is 0. The lowest BCUT2D eigenvalue weighted by Gasteiger charge is -2.31. The summed E-state index contributed by atoms with van der Waals surface area (Å²) in [4.78, 5) is 25.0. The molecule has 8 heteroatoms. The maximum atomic E-state index is 13.6. The molecular weight excluding hydrogens is 320 g/mol. The number of benzene rings is 1. The highest BCUT2D eigenvalue weighted by Crippen LogP contribution is 2.25. The lowest BCUT2D eigenvalue weighted by molar-refractivity contribution is -0.132. The van der Waals surface area contributed by atoms with E-state index in [-0.39, 0.29) is 30.2 Å². The third kappa shape index (κ3) is 3.52. The predicted octanol–water partition coefficient (Wildman–Crippen LogP) is 1.98. The van der Waals surface area contributed by atoms with E-state index in [4.69, 9.17) is 4.42 Å². The van der Waals surface area contributed by atoms with Crippen LogP contribution in [0.5, 0.6) is 0 Å². The summed E-state index contributed by atoms with van der Waals surface area (Å²) in [6, 6.07) is 3.95. The molecule has 1 aliphatic rings. The summed E-state index contributed by atoms with van der Waals surface area (Å²) >= 11 is 0. The van der Waals surface area contributed by atoms with Crippen LogP contribution in [0.4, 0.5) is 8.78 Å². The zero-order valence-electron chi connectivity index (χ0n) is 12.9. The van der Waals surface area contributed by atoms with E-state index < -0.39 is 17.4 Å². The van der Waals surface area contributed by atoms with E-state index in [1.807, 2.05) is 0 Å². The molecule has 0 spiro atoms. The predicted molar refractivity (Wildman–Crippen MR) is 80.4 cm³/mol. The largest absolute Gasteiger partial charge is 0.434 e. The highest BCUT2D eigenvalue weighted by atomic mass is 19.2. The Morgan fingerprint density at radius 3 is 3.00 bits per heavy atom. The number of aryl methyl sites for hydroxylation is 1. The van der Waals surface area contributed by atoms with Gasteiger partial charge in [0.25, 0.3) is 0 Å². The van der Waals surface area contributed by atoms with Crippen LogP contribution >= 0.6 is 0 Å². The quantitative estimate of drug-likeness (QED) is 0.925. The second-order valence-corrected chi connectivity index (χ2v) is 5.84. The van der Waals surface area contributed by atoms with Crippen molar-refractivity contribution in [1.82, 2.24) is 15.1 Å². The minimum Gasteiger partial charge on any atom is -0.392 e. The number of aromatic nitrogens is 2. The van der Waals surface area contributed by atoms with Crippen LogP contribution in [0, 0.1) is 11.6 Å². The Morgan fingerprint density at radius 1 is 1.42 bits per heavy atom. The number of carbonyl (C=O) groups excluding carboxylic acids is 1. The van der Waals surface area contributed by atoms with Crippen molar-refractivity contribution < 1.29 is 18.0 Å². The van der Waals surface area contributed by atoms with E-state index in [2.05, 4.69) is 10.2 Å². The third-order valence-corrected chi connectivity index (χ3v) is 4.22. The molecule has 1 aromatic heterocycles. The molecule has 1 atom stereocenters. The minimum atomic E-state index is -0.911. The fourth-order valence-electron chi connectivity index (χ4n) is 2.96. The van der Waals surface area contributed by atoms with Gasteiger partial charge in [-0.3, -0.25) is 4.79 Å². The molecule has 1 aliphatic heterocycles. The molecule has 128 valence electrons. The zero-order valence-corrected chi connectivity index (χ0v) is 12.9. The molecule has 1 N–H and O–H groups in total. The van der Waals surface area contributed by atoms with Crippen LogP contribution < -0.4 is 5.76 Å². The van der Waals surface area contributed by atoms with Crippen molar-refractivity contribution in [3.63, 3.8) is 0 Å². The Bertz CT molecular complexity index is 787. The van der Waals surface area contributed by atoms with Gasteiger partial charge < -0.3 is 9.32 Å². The van der Waals surface area contributed by atoms with Crippen molar-refractivity contribution in [2.45, 2.75) is 31.6 Å². The summed E-state index contributed by atoms with van der Waals surface area (Å²) < 4.78 is 31.8. The van der Waals surface area contributed by atoms with Crippen LogP contribution in [0.3, 0.4) is 0 Å². The molecule has 2 aromatic rings. The maximum absolute atomic E-state index is 13.6. The molecule has 6 nitrogen and oxygen atoms in total. The second-order valence-electron chi connectivity index (χ2n) is 5.84. The van der Waals surface area contributed by atoms with Gasteiger partial charge in [-0.2, -0.15) is 0 Å². The van der Waals surface area contributed by atoms with Crippen molar-refractivity contribution in [2.24, 2.45) is 0 Å². The third-order valence-electron chi connectivity index (χ3n) is 4.22. The summed E-state index contributed by atoms with van der Waals surface area (Å²) in [6.45, 7) is 0.994. The molecule has 0 aliphatic carbocycles. The molecule has 24 heavy (non-hydrogen) atoms. The van der Waals surface area contributed by atoms with E-state index in [0.29, 0.717) is 19.0 Å². The zero-order chi connectivity index (χ0) is 17.1. The molecule has 0 saturated carbocycles. The summed E-state index contributed by atoms with van der Waals surface area (Å²) in [6.07, 6.45) is 1.77. The molecule has 1 aromatic carbocycles. The van der Waals surface area contributed by atoms with Crippen LogP contribution in [0.15, 0.2) is 27.4 Å². The fourth-order valence-corrected chi connectivity index (χ4v) is 2.96. The summed E-state index contributed by atoms with van der Waals surface area (Å²) in [5.74, 6) is -2.40. The standard InChI is InChI=1S/C16H17F2N3O3/c17-12-5-1-3-10(14(12)18)6-7-13(22)21-8-2-4-11(9-21)15-19-20-16(23)24-15/h1,3,5,11H,2,4,6-9H2,(H,20,23). The first kappa shape index (κ1) is 16.4. The fraction of sp³-hybridized carbons (Fsp3) is 0.438. The first-order chi connectivity index (χ1) is 11.5.